The zero-order valence-electron chi connectivity index (χ0n) is 21.7. The summed E-state index contributed by atoms with van der Waals surface area (Å²) in [7, 11) is 0. The molecule has 1 saturated carbocycles. The summed E-state index contributed by atoms with van der Waals surface area (Å²) in [4.78, 5) is 27.8. The van der Waals surface area contributed by atoms with E-state index in [-0.39, 0.29) is 36.1 Å². The van der Waals surface area contributed by atoms with E-state index in [0.29, 0.717) is 23.7 Å². The molecule has 1 aromatic heterocycles. The number of hydrogen-bond acceptors (Lipinski definition) is 4. The van der Waals surface area contributed by atoms with Gasteiger partial charge in [-0.15, -0.1) is 0 Å². The van der Waals surface area contributed by atoms with Crippen LogP contribution in [0.15, 0.2) is 83.3 Å². The van der Waals surface area contributed by atoms with Gasteiger partial charge in [0.15, 0.2) is 5.76 Å². The van der Waals surface area contributed by atoms with Crippen LogP contribution in [0, 0.1) is 18.7 Å². The van der Waals surface area contributed by atoms with Crippen LogP contribution in [0.4, 0.5) is 10.1 Å². The second kappa shape index (κ2) is 10.4. The third-order valence-electron chi connectivity index (χ3n) is 7.32. The van der Waals surface area contributed by atoms with Gasteiger partial charge >= 0.3 is 0 Å². The fourth-order valence-electron chi connectivity index (χ4n) is 5.05. The van der Waals surface area contributed by atoms with Gasteiger partial charge in [-0.25, -0.2) is 4.39 Å². The summed E-state index contributed by atoms with van der Waals surface area (Å²) in [5.41, 5.74) is 5.04. The van der Waals surface area contributed by atoms with Crippen molar-refractivity contribution in [3.05, 3.63) is 118 Å². The lowest BCUT2D eigenvalue weighted by Gasteiger charge is -2.38. The maximum atomic E-state index is 13.2. The Kier molecular flexibility index (Phi) is 6.65. The molecule has 1 aliphatic heterocycles. The van der Waals surface area contributed by atoms with Crippen molar-refractivity contribution in [2.45, 2.75) is 38.8 Å². The van der Waals surface area contributed by atoms with E-state index >= 15 is 0 Å². The van der Waals surface area contributed by atoms with Crippen LogP contribution < -0.4 is 10.1 Å². The first kappa shape index (κ1) is 24.9. The molecule has 0 spiro atoms. The van der Waals surface area contributed by atoms with Crippen LogP contribution in [-0.4, -0.2) is 23.3 Å². The Hall–Kier alpha value is -4.39. The van der Waals surface area contributed by atoms with Crippen molar-refractivity contribution in [2.24, 2.45) is 5.92 Å². The summed E-state index contributed by atoms with van der Waals surface area (Å²) in [5.74, 6) is 0.879. The summed E-state index contributed by atoms with van der Waals surface area (Å²) < 4.78 is 24.9. The van der Waals surface area contributed by atoms with E-state index in [0.717, 1.165) is 30.4 Å². The number of halogens is 1. The Bertz CT molecular complexity index is 1510. The van der Waals surface area contributed by atoms with Gasteiger partial charge < -0.3 is 19.4 Å². The Balaban J connectivity index is 1.19. The van der Waals surface area contributed by atoms with Crippen LogP contribution in [0.5, 0.6) is 5.75 Å². The fraction of sp³-hybridized carbons (Fsp3) is 0.250. The average Bonchev–Trinajstić information content (AvgIpc) is 3.69. The number of hydrogen-bond donors (Lipinski definition) is 1. The molecule has 0 bridgehead atoms. The topological polar surface area (TPSA) is 71.8 Å². The van der Waals surface area contributed by atoms with Crippen molar-refractivity contribution in [1.29, 1.82) is 0 Å². The van der Waals surface area contributed by atoms with E-state index in [2.05, 4.69) is 42.6 Å². The van der Waals surface area contributed by atoms with Gasteiger partial charge in [0.1, 0.15) is 23.9 Å². The predicted molar refractivity (Wildman–Crippen MR) is 145 cm³/mol. The third-order valence-corrected chi connectivity index (χ3v) is 7.32. The minimum absolute atomic E-state index is 0.136. The Morgan fingerprint density at radius 2 is 1.77 bits per heavy atom. The molecule has 6 nitrogen and oxygen atoms in total. The highest BCUT2D eigenvalue weighted by Crippen LogP contribution is 2.41. The van der Waals surface area contributed by atoms with Crippen molar-refractivity contribution >= 4 is 17.5 Å². The lowest BCUT2D eigenvalue weighted by atomic mass is 9.87. The number of anilines is 1. The number of carbonyl (C=O) groups is 2. The van der Waals surface area contributed by atoms with Crippen molar-refractivity contribution in [1.82, 2.24) is 4.90 Å². The van der Waals surface area contributed by atoms with E-state index in [1.54, 1.807) is 12.1 Å². The zero-order valence-corrected chi connectivity index (χ0v) is 21.7. The monoisotopic (exact) mass is 524 g/mol. The zero-order chi connectivity index (χ0) is 26.9. The molecular formula is C32H29FN2O4. The van der Waals surface area contributed by atoms with Crippen LogP contribution in [0.3, 0.4) is 0 Å². The molecule has 198 valence electrons. The largest absolute Gasteiger partial charge is 0.486 e. The van der Waals surface area contributed by atoms with Crippen molar-refractivity contribution in [3.63, 3.8) is 0 Å². The van der Waals surface area contributed by atoms with E-state index in [4.69, 9.17) is 9.15 Å². The fourth-order valence-corrected chi connectivity index (χ4v) is 5.05. The van der Waals surface area contributed by atoms with Gasteiger partial charge in [-0.1, -0.05) is 35.9 Å². The summed E-state index contributed by atoms with van der Waals surface area (Å²) in [6.07, 6.45) is 2.75. The Morgan fingerprint density at radius 3 is 2.51 bits per heavy atom. The smallest absolute Gasteiger partial charge is 0.291 e. The van der Waals surface area contributed by atoms with Gasteiger partial charge in [0.2, 0.25) is 5.91 Å². The summed E-state index contributed by atoms with van der Waals surface area (Å²) in [5, 5.41) is 2.68. The Morgan fingerprint density at radius 1 is 1.00 bits per heavy atom. The molecule has 2 heterocycles. The van der Waals surface area contributed by atoms with Gasteiger partial charge in [-0.3, -0.25) is 9.59 Å². The second-order valence-corrected chi connectivity index (χ2v) is 10.2. The third kappa shape index (κ3) is 5.43. The number of nitrogens with zero attached hydrogens (tertiary/aromatic N) is 1. The quantitative estimate of drug-likeness (QED) is 0.302. The maximum absolute atomic E-state index is 13.2. The molecule has 7 heteroatoms. The highest BCUT2D eigenvalue weighted by atomic mass is 19.1. The van der Waals surface area contributed by atoms with Gasteiger partial charge in [0.05, 0.1) is 6.04 Å². The van der Waals surface area contributed by atoms with Crippen molar-refractivity contribution in [2.75, 3.05) is 11.9 Å². The summed E-state index contributed by atoms with van der Waals surface area (Å²) >= 11 is 0. The van der Waals surface area contributed by atoms with Gasteiger partial charge in [0.25, 0.3) is 5.91 Å². The molecule has 1 N–H and O–H groups in total. The molecule has 39 heavy (non-hydrogen) atoms. The number of furan rings is 1. The molecule has 6 rings (SSSR count). The second-order valence-electron chi connectivity index (χ2n) is 10.2. The van der Waals surface area contributed by atoms with Crippen LogP contribution in [0.25, 0.3) is 0 Å². The number of fused-ring (bicyclic) bond motifs is 1. The number of aryl methyl sites for hydroxylation is 1. The molecule has 2 amide bonds. The van der Waals surface area contributed by atoms with Crippen LogP contribution >= 0.6 is 0 Å². The normalized spacial score (nSPS) is 16.5. The maximum Gasteiger partial charge on any atom is 0.291 e. The summed E-state index contributed by atoms with van der Waals surface area (Å²) in [6, 6.07) is 23.1. The van der Waals surface area contributed by atoms with Gasteiger partial charge in [-0.05, 0) is 91.4 Å². The highest BCUT2D eigenvalue weighted by Gasteiger charge is 2.39. The molecule has 1 fully saturated rings. The SMILES string of the molecule is Cc1ccc(C2c3cc(OCc4ccc(C(=O)Nc5ccc(F)cc5)o4)ccc3CCN2C(=O)C2CC2)cc1. The standard InChI is InChI=1S/C32H29FN2O4/c1-20-2-4-22(5-3-20)30-28-18-26(13-8-21(28)16-17-35(30)32(37)23-6-7-23)38-19-27-14-15-29(39-27)31(36)34-25-11-9-24(33)10-12-25/h2-5,8-15,18,23,30H,6-7,16-17,19H2,1H3,(H,34,36). The number of benzene rings is 3. The molecule has 1 atom stereocenters. The lowest BCUT2D eigenvalue weighted by molar-refractivity contribution is -0.134. The number of nitrogens with one attached hydrogen (secondary N) is 1. The number of amides is 2. The molecule has 2 aliphatic rings. The average molecular weight is 525 g/mol. The van der Waals surface area contributed by atoms with Crippen LogP contribution in [0.2, 0.25) is 0 Å². The van der Waals surface area contributed by atoms with E-state index in [9.17, 15) is 14.0 Å². The molecular weight excluding hydrogens is 495 g/mol. The predicted octanol–water partition coefficient (Wildman–Crippen LogP) is 6.44. The molecule has 0 saturated heterocycles. The number of ether oxygens (including phenoxy) is 1. The number of carbonyl (C=O) groups excluding carboxylic acids is 2. The highest BCUT2D eigenvalue weighted by molar-refractivity contribution is 6.02. The minimum Gasteiger partial charge on any atom is -0.486 e. The van der Waals surface area contributed by atoms with E-state index < -0.39 is 5.91 Å². The first-order valence-electron chi connectivity index (χ1n) is 13.2. The van der Waals surface area contributed by atoms with Crippen molar-refractivity contribution in [3.8, 4) is 5.75 Å². The molecule has 0 radical (unpaired) electrons. The molecule has 1 unspecified atom stereocenters. The lowest BCUT2D eigenvalue weighted by Crippen LogP contribution is -2.41. The summed E-state index contributed by atoms with van der Waals surface area (Å²) in [6.45, 7) is 2.91. The van der Waals surface area contributed by atoms with Crippen LogP contribution in [0.1, 0.15) is 57.5 Å². The van der Waals surface area contributed by atoms with Crippen molar-refractivity contribution < 1.29 is 23.1 Å². The van der Waals surface area contributed by atoms with E-state index in [1.165, 1.54) is 35.4 Å². The first-order valence-corrected chi connectivity index (χ1v) is 13.2. The van der Waals surface area contributed by atoms with E-state index in [1.807, 2.05) is 17.0 Å². The number of rotatable bonds is 7. The van der Waals surface area contributed by atoms with Gasteiger partial charge in [-0.2, -0.15) is 0 Å². The molecule has 1 aliphatic carbocycles. The van der Waals surface area contributed by atoms with Gasteiger partial charge in [0, 0.05) is 18.2 Å². The molecule has 4 aromatic rings. The minimum atomic E-state index is -0.428. The Labute approximate surface area is 226 Å². The van der Waals surface area contributed by atoms with Crippen LogP contribution in [-0.2, 0) is 17.8 Å². The molecule has 3 aromatic carbocycles. The first-order chi connectivity index (χ1) is 18.9.